The third kappa shape index (κ3) is 4.20. The van der Waals surface area contributed by atoms with Crippen LogP contribution >= 0.6 is 0 Å². The standard InChI is InChI=1S/C12H22O3/c1-2-3-4-5-9-15-11-8-6-7-10(11)12(13)14/h10-11H,2-9H2,1H3,(H,13,14). The van der Waals surface area contributed by atoms with E-state index in [1.54, 1.807) is 0 Å². The van der Waals surface area contributed by atoms with E-state index in [4.69, 9.17) is 9.84 Å². The fraction of sp³-hybridized carbons (Fsp3) is 0.917. The van der Waals surface area contributed by atoms with Crippen molar-refractivity contribution in [3.05, 3.63) is 0 Å². The van der Waals surface area contributed by atoms with Gasteiger partial charge in [-0.1, -0.05) is 26.2 Å². The number of hydrogen-bond acceptors (Lipinski definition) is 2. The van der Waals surface area contributed by atoms with Crippen LogP contribution in [-0.2, 0) is 9.53 Å². The topological polar surface area (TPSA) is 46.5 Å². The molecule has 0 amide bonds. The lowest BCUT2D eigenvalue weighted by Gasteiger charge is -2.16. The first-order chi connectivity index (χ1) is 7.25. The zero-order valence-electron chi connectivity index (χ0n) is 9.58. The summed E-state index contributed by atoms with van der Waals surface area (Å²) in [4.78, 5) is 10.9. The fourth-order valence-electron chi connectivity index (χ4n) is 2.17. The Bertz CT molecular complexity index is 191. The molecule has 1 fully saturated rings. The first kappa shape index (κ1) is 12.5. The van der Waals surface area contributed by atoms with Crippen molar-refractivity contribution in [2.75, 3.05) is 6.61 Å². The first-order valence-electron chi connectivity index (χ1n) is 6.10. The Hall–Kier alpha value is -0.570. The maximum absolute atomic E-state index is 10.9. The number of carboxylic acid groups (broad SMARTS) is 1. The Morgan fingerprint density at radius 1 is 1.33 bits per heavy atom. The van der Waals surface area contributed by atoms with Gasteiger partial charge in [0.15, 0.2) is 0 Å². The van der Waals surface area contributed by atoms with Crippen LogP contribution in [0.1, 0.15) is 51.9 Å². The van der Waals surface area contributed by atoms with Crippen LogP contribution in [0.2, 0.25) is 0 Å². The average Bonchev–Trinajstić information content (AvgIpc) is 2.66. The lowest BCUT2D eigenvalue weighted by molar-refractivity contribution is -0.146. The highest BCUT2D eigenvalue weighted by Gasteiger charge is 2.33. The summed E-state index contributed by atoms with van der Waals surface area (Å²) < 4.78 is 5.64. The van der Waals surface area contributed by atoms with E-state index < -0.39 is 5.97 Å². The highest BCUT2D eigenvalue weighted by Crippen LogP contribution is 2.28. The van der Waals surface area contributed by atoms with E-state index in [2.05, 4.69) is 6.92 Å². The minimum Gasteiger partial charge on any atom is -0.481 e. The number of hydrogen-bond donors (Lipinski definition) is 1. The molecular formula is C12H22O3. The van der Waals surface area contributed by atoms with Gasteiger partial charge < -0.3 is 9.84 Å². The molecule has 2 atom stereocenters. The van der Waals surface area contributed by atoms with Crippen LogP contribution in [0.15, 0.2) is 0 Å². The number of ether oxygens (including phenoxy) is 1. The largest absolute Gasteiger partial charge is 0.481 e. The van der Waals surface area contributed by atoms with Crippen molar-refractivity contribution in [1.29, 1.82) is 0 Å². The van der Waals surface area contributed by atoms with E-state index in [1.165, 1.54) is 19.3 Å². The predicted octanol–water partition coefficient (Wildman–Crippen LogP) is 2.84. The molecule has 0 aromatic heterocycles. The van der Waals surface area contributed by atoms with Gasteiger partial charge in [-0.15, -0.1) is 0 Å². The second-order valence-corrected chi connectivity index (χ2v) is 4.35. The van der Waals surface area contributed by atoms with Crippen LogP contribution in [0.3, 0.4) is 0 Å². The molecule has 0 radical (unpaired) electrons. The Kier molecular flexibility index (Phi) is 5.69. The minimum absolute atomic E-state index is 0.0240. The number of carbonyl (C=O) groups is 1. The summed E-state index contributed by atoms with van der Waals surface area (Å²) in [6.07, 6.45) is 7.41. The van der Waals surface area contributed by atoms with Gasteiger partial charge in [-0.25, -0.2) is 0 Å². The molecule has 3 nitrogen and oxygen atoms in total. The molecule has 1 aliphatic rings. The summed E-state index contributed by atoms with van der Waals surface area (Å²) in [6, 6.07) is 0. The van der Waals surface area contributed by atoms with Crippen molar-refractivity contribution in [3.8, 4) is 0 Å². The highest BCUT2D eigenvalue weighted by molar-refractivity contribution is 5.71. The first-order valence-corrected chi connectivity index (χ1v) is 6.10. The van der Waals surface area contributed by atoms with Crippen molar-refractivity contribution in [3.63, 3.8) is 0 Å². The predicted molar refractivity (Wildman–Crippen MR) is 58.9 cm³/mol. The monoisotopic (exact) mass is 214 g/mol. The molecule has 0 aliphatic heterocycles. The molecule has 1 rings (SSSR count). The summed E-state index contributed by atoms with van der Waals surface area (Å²) in [6.45, 7) is 2.91. The highest BCUT2D eigenvalue weighted by atomic mass is 16.5. The molecule has 0 aromatic carbocycles. The second kappa shape index (κ2) is 6.83. The van der Waals surface area contributed by atoms with Gasteiger partial charge in [-0.3, -0.25) is 4.79 Å². The zero-order valence-corrected chi connectivity index (χ0v) is 9.58. The number of rotatable bonds is 7. The third-order valence-corrected chi connectivity index (χ3v) is 3.10. The van der Waals surface area contributed by atoms with Gasteiger partial charge in [-0.05, 0) is 25.7 Å². The molecule has 0 saturated heterocycles. The normalized spacial score (nSPS) is 25.7. The van der Waals surface area contributed by atoms with E-state index in [0.717, 1.165) is 32.3 Å². The van der Waals surface area contributed by atoms with Gasteiger partial charge in [0.1, 0.15) is 0 Å². The molecule has 3 heteroatoms. The molecule has 0 spiro atoms. The molecule has 88 valence electrons. The summed E-state index contributed by atoms with van der Waals surface area (Å²) in [5, 5.41) is 8.94. The lowest BCUT2D eigenvalue weighted by atomic mass is 10.1. The van der Waals surface area contributed by atoms with Crippen LogP contribution in [0, 0.1) is 5.92 Å². The molecule has 0 bridgehead atoms. The summed E-state index contributed by atoms with van der Waals surface area (Å²) in [5.74, 6) is -0.942. The van der Waals surface area contributed by atoms with E-state index in [1.807, 2.05) is 0 Å². The quantitative estimate of drug-likeness (QED) is 0.663. The molecule has 1 aliphatic carbocycles. The van der Waals surface area contributed by atoms with Crippen molar-refractivity contribution >= 4 is 5.97 Å². The van der Waals surface area contributed by atoms with Crippen molar-refractivity contribution in [2.24, 2.45) is 5.92 Å². The van der Waals surface area contributed by atoms with E-state index >= 15 is 0 Å². The van der Waals surface area contributed by atoms with Gasteiger partial charge in [0.25, 0.3) is 0 Å². The van der Waals surface area contributed by atoms with Gasteiger partial charge in [-0.2, -0.15) is 0 Å². The summed E-state index contributed by atoms with van der Waals surface area (Å²) in [5.41, 5.74) is 0. The van der Waals surface area contributed by atoms with E-state index in [0.29, 0.717) is 0 Å². The molecule has 1 N–H and O–H groups in total. The average molecular weight is 214 g/mol. The smallest absolute Gasteiger partial charge is 0.309 e. The minimum atomic E-state index is -0.689. The molecule has 0 aromatic rings. The van der Waals surface area contributed by atoms with Crippen LogP contribution in [0.25, 0.3) is 0 Å². The van der Waals surface area contributed by atoms with Gasteiger partial charge in [0.2, 0.25) is 0 Å². The zero-order chi connectivity index (χ0) is 11.1. The van der Waals surface area contributed by atoms with Crippen LogP contribution in [-0.4, -0.2) is 23.8 Å². The summed E-state index contributed by atoms with van der Waals surface area (Å²) >= 11 is 0. The van der Waals surface area contributed by atoms with Crippen molar-refractivity contribution < 1.29 is 14.6 Å². The van der Waals surface area contributed by atoms with E-state index in [-0.39, 0.29) is 12.0 Å². The molecular weight excluding hydrogens is 192 g/mol. The van der Waals surface area contributed by atoms with Crippen LogP contribution < -0.4 is 0 Å². The molecule has 15 heavy (non-hydrogen) atoms. The summed E-state index contributed by atoms with van der Waals surface area (Å²) in [7, 11) is 0. The van der Waals surface area contributed by atoms with Gasteiger partial charge in [0, 0.05) is 6.61 Å². The van der Waals surface area contributed by atoms with Crippen molar-refractivity contribution in [1.82, 2.24) is 0 Å². The van der Waals surface area contributed by atoms with Gasteiger partial charge in [0.05, 0.1) is 12.0 Å². The number of aliphatic carboxylic acids is 1. The Labute approximate surface area is 91.8 Å². The maximum atomic E-state index is 10.9. The SMILES string of the molecule is CCCCCCOC1CCCC1C(=O)O. The maximum Gasteiger partial charge on any atom is 0.309 e. The Morgan fingerprint density at radius 3 is 2.80 bits per heavy atom. The van der Waals surface area contributed by atoms with Crippen LogP contribution in [0.4, 0.5) is 0 Å². The lowest BCUT2D eigenvalue weighted by Crippen LogP contribution is -2.25. The molecule has 0 heterocycles. The molecule has 1 saturated carbocycles. The fourth-order valence-corrected chi connectivity index (χ4v) is 2.17. The molecule has 2 unspecified atom stereocenters. The van der Waals surface area contributed by atoms with Crippen LogP contribution in [0.5, 0.6) is 0 Å². The number of carboxylic acids is 1. The Balaban J connectivity index is 2.12. The number of unbranched alkanes of at least 4 members (excludes halogenated alkanes) is 3. The Morgan fingerprint density at radius 2 is 2.13 bits per heavy atom. The van der Waals surface area contributed by atoms with Gasteiger partial charge >= 0.3 is 5.97 Å². The second-order valence-electron chi connectivity index (χ2n) is 4.35. The third-order valence-electron chi connectivity index (χ3n) is 3.10. The van der Waals surface area contributed by atoms with E-state index in [9.17, 15) is 4.79 Å². The van der Waals surface area contributed by atoms with Crippen molar-refractivity contribution in [2.45, 2.75) is 58.0 Å².